The molecule has 116 valence electrons. The van der Waals surface area contributed by atoms with Crippen LogP contribution in [-0.4, -0.2) is 43.1 Å². The van der Waals surface area contributed by atoms with Crippen LogP contribution in [0.3, 0.4) is 0 Å². The second kappa shape index (κ2) is 6.16. The van der Waals surface area contributed by atoms with Crippen LogP contribution in [0, 0.1) is 0 Å². The summed E-state index contributed by atoms with van der Waals surface area (Å²) in [6, 6.07) is 1.44. The Kier molecular flexibility index (Phi) is 4.69. The Morgan fingerprint density at radius 3 is 3.05 bits per heavy atom. The molecule has 3 atom stereocenters. The van der Waals surface area contributed by atoms with Gasteiger partial charge in [0.05, 0.1) is 6.61 Å². The highest BCUT2D eigenvalue weighted by molar-refractivity contribution is 8.00. The molecule has 4 N–H and O–H groups in total. The quantitative estimate of drug-likeness (QED) is 0.639. The largest absolute Gasteiger partial charge is 0.472 e. The van der Waals surface area contributed by atoms with Crippen molar-refractivity contribution in [3.05, 3.63) is 22.7 Å². The van der Waals surface area contributed by atoms with Gasteiger partial charge in [-0.05, 0) is 6.07 Å². The van der Waals surface area contributed by atoms with E-state index in [9.17, 15) is 14.2 Å². The van der Waals surface area contributed by atoms with Crippen molar-refractivity contribution < 1.29 is 28.6 Å². The molecule has 1 aliphatic heterocycles. The fourth-order valence-electron chi connectivity index (χ4n) is 1.54. The van der Waals surface area contributed by atoms with Crippen LogP contribution in [0.25, 0.3) is 0 Å². The topological polar surface area (TPSA) is 154 Å². The molecule has 0 saturated carbocycles. The number of anilines is 1. The SMILES string of the molecule is Nc1ccn([C@H]2CS[C@@H](COP(=O)(O)C(=O)O)O2)c(=O)n1. The number of carbonyl (C=O) groups is 1. The molecule has 1 aromatic heterocycles. The number of nitrogens with two attached hydrogens (primary N) is 1. The summed E-state index contributed by atoms with van der Waals surface area (Å²) in [5, 5.41) is 8.46. The van der Waals surface area contributed by atoms with Gasteiger partial charge in [-0.2, -0.15) is 4.98 Å². The van der Waals surface area contributed by atoms with E-state index in [4.69, 9.17) is 20.5 Å². The van der Waals surface area contributed by atoms with Crippen LogP contribution in [0.4, 0.5) is 10.6 Å². The van der Waals surface area contributed by atoms with Crippen molar-refractivity contribution in [2.24, 2.45) is 0 Å². The number of hydrogen-bond donors (Lipinski definition) is 3. The molecule has 1 fully saturated rings. The summed E-state index contributed by atoms with van der Waals surface area (Å²) in [4.78, 5) is 34.6. The number of nitrogen functional groups attached to an aromatic ring is 1. The zero-order valence-corrected chi connectivity index (χ0v) is 12.2. The minimum absolute atomic E-state index is 0.0875. The average molecular weight is 337 g/mol. The molecule has 2 rings (SSSR count). The third-order valence-corrected chi connectivity index (χ3v) is 4.60. The fourth-order valence-corrected chi connectivity index (χ4v) is 3.08. The van der Waals surface area contributed by atoms with E-state index in [2.05, 4.69) is 9.51 Å². The first-order valence-electron chi connectivity index (χ1n) is 5.62. The first-order chi connectivity index (χ1) is 9.79. The van der Waals surface area contributed by atoms with Crippen molar-refractivity contribution >= 4 is 30.9 Å². The lowest BCUT2D eigenvalue weighted by Gasteiger charge is -2.15. The van der Waals surface area contributed by atoms with Crippen molar-refractivity contribution in [3.63, 3.8) is 0 Å². The Labute approximate surface area is 122 Å². The number of nitrogens with zero attached hydrogens (tertiary/aromatic N) is 2. The van der Waals surface area contributed by atoms with Crippen molar-refractivity contribution in [1.82, 2.24) is 9.55 Å². The predicted molar refractivity (Wildman–Crippen MR) is 73.1 cm³/mol. The molecule has 0 spiro atoms. The molecule has 0 radical (unpaired) electrons. The van der Waals surface area contributed by atoms with Crippen LogP contribution in [0.5, 0.6) is 0 Å². The first-order valence-corrected chi connectivity index (χ1v) is 8.25. The highest BCUT2D eigenvalue weighted by Gasteiger charge is 2.34. The van der Waals surface area contributed by atoms with Crippen molar-refractivity contribution in [2.75, 3.05) is 18.1 Å². The van der Waals surface area contributed by atoms with Crippen LogP contribution < -0.4 is 11.4 Å². The number of ether oxygens (including phenoxy) is 1. The number of aromatic nitrogens is 2. The number of rotatable bonds is 5. The van der Waals surface area contributed by atoms with Crippen LogP contribution >= 0.6 is 19.4 Å². The summed E-state index contributed by atoms with van der Waals surface area (Å²) >= 11 is 1.22. The highest BCUT2D eigenvalue weighted by atomic mass is 32.2. The minimum atomic E-state index is -4.70. The lowest BCUT2D eigenvalue weighted by Crippen LogP contribution is -2.28. The normalized spacial score (nSPS) is 24.6. The lowest BCUT2D eigenvalue weighted by molar-refractivity contribution is -0.00335. The van der Waals surface area contributed by atoms with Crippen LogP contribution in [0.2, 0.25) is 0 Å². The number of carboxylic acid groups (broad SMARTS) is 1. The maximum Gasteiger partial charge on any atom is 0.435 e. The van der Waals surface area contributed by atoms with Gasteiger partial charge in [0.1, 0.15) is 17.5 Å². The van der Waals surface area contributed by atoms with Gasteiger partial charge in [0, 0.05) is 11.9 Å². The van der Waals surface area contributed by atoms with Gasteiger partial charge < -0.3 is 20.5 Å². The molecule has 12 heteroatoms. The summed E-state index contributed by atoms with van der Waals surface area (Å²) in [6.45, 7) is -0.390. The maximum absolute atomic E-state index is 11.6. The van der Waals surface area contributed by atoms with Crippen molar-refractivity contribution in [2.45, 2.75) is 11.7 Å². The maximum atomic E-state index is 11.6. The summed E-state index contributed by atoms with van der Waals surface area (Å²) in [5.74, 6) is 0.465. The van der Waals surface area contributed by atoms with E-state index in [1.807, 2.05) is 0 Å². The van der Waals surface area contributed by atoms with E-state index in [0.29, 0.717) is 5.75 Å². The number of thioether (sulfide) groups is 1. The molecule has 1 aliphatic rings. The van der Waals surface area contributed by atoms with Crippen molar-refractivity contribution in [3.8, 4) is 0 Å². The Bertz CT molecular complexity index is 650. The summed E-state index contributed by atoms with van der Waals surface area (Å²) < 4.78 is 22.2. The van der Waals surface area contributed by atoms with E-state index < -0.39 is 37.3 Å². The third kappa shape index (κ3) is 3.83. The Balaban J connectivity index is 1.96. The second-order valence-corrected chi connectivity index (χ2v) is 6.87. The molecule has 21 heavy (non-hydrogen) atoms. The van der Waals surface area contributed by atoms with E-state index >= 15 is 0 Å². The molecule has 0 amide bonds. The highest BCUT2D eigenvalue weighted by Crippen LogP contribution is 2.44. The zero-order valence-electron chi connectivity index (χ0n) is 10.5. The van der Waals surface area contributed by atoms with E-state index in [-0.39, 0.29) is 5.82 Å². The molecule has 10 nitrogen and oxygen atoms in total. The number of hydrogen-bond acceptors (Lipinski definition) is 8. The van der Waals surface area contributed by atoms with E-state index in [1.54, 1.807) is 0 Å². The molecule has 2 heterocycles. The smallest absolute Gasteiger partial charge is 0.435 e. The van der Waals surface area contributed by atoms with Gasteiger partial charge >= 0.3 is 19.0 Å². The monoisotopic (exact) mass is 337 g/mol. The molecule has 1 saturated heterocycles. The third-order valence-electron chi connectivity index (χ3n) is 2.52. The molecule has 0 aliphatic carbocycles. The van der Waals surface area contributed by atoms with Gasteiger partial charge in [-0.1, -0.05) is 0 Å². The molecule has 0 aromatic carbocycles. The van der Waals surface area contributed by atoms with Crippen LogP contribution in [-0.2, 0) is 13.8 Å². The zero-order chi connectivity index (χ0) is 15.6. The molecular formula is C9H12N3O7PS. The molecule has 1 unspecified atom stereocenters. The summed E-state index contributed by atoms with van der Waals surface area (Å²) in [5.41, 5.74) is 2.19. The van der Waals surface area contributed by atoms with Gasteiger partial charge in [-0.15, -0.1) is 11.8 Å². The molecule has 0 bridgehead atoms. The summed E-state index contributed by atoms with van der Waals surface area (Å²) in [7, 11) is -4.70. The van der Waals surface area contributed by atoms with E-state index in [0.717, 1.165) is 0 Å². The minimum Gasteiger partial charge on any atom is -0.472 e. The Hall–Kier alpha value is -1.39. The predicted octanol–water partition coefficient (Wildman–Crippen LogP) is 0.294. The van der Waals surface area contributed by atoms with E-state index in [1.165, 1.54) is 28.6 Å². The lowest BCUT2D eigenvalue weighted by atomic mass is 10.5. The average Bonchev–Trinajstić information content (AvgIpc) is 2.85. The van der Waals surface area contributed by atoms with Gasteiger partial charge in [-0.25, -0.2) is 14.2 Å². The van der Waals surface area contributed by atoms with Gasteiger partial charge in [-0.3, -0.25) is 9.09 Å². The Morgan fingerprint density at radius 2 is 2.43 bits per heavy atom. The standard InChI is InChI=1S/C9H12N3O7PS/c10-5-1-2-12(8(13)11-5)6-4-21-7(19-6)3-18-20(16,17)9(14)15/h1-2,6-7H,3-4H2,(H,14,15)(H,16,17)(H2,10,11,13)/t6-,7+/m1/s1. The summed E-state index contributed by atoms with van der Waals surface area (Å²) in [6.07, 6.45) is 0.792. The second-order valence-electron chi connectivity index (χ2n) is 3.99. The van der Waals surface area contributed by atoms with Gasteiger partial charge in [0.15, 0.2) is 0 Å². The molecular weight excluding hydrogens is 325 g/mol. The van der Waals surface area contributed by atoms with Crippen LogP contribution in [0.1, 0.15) is 6.23 Å². The Morgan fingerprint density at radius 1 is 1.71 bits per heavy atom. The van der Waals surface area contributed by atoms with Crippen LogP contribution in [0.15, 0.2) is 17.1 Å². The van der Waals surface area contributed by atoms with Crippen molar-refractivity contribution in [1.29, 1.82) is 0 Å². The fraction of sp³-hybridized carbons (Fsp3) is 0.444. The van der Waals surface area contributed by atoms with Gasteiger partial charge in [0.25, 0.3) is 0 Å². The molecule has 1 aromatic rings. The van der Waals surface area contributed by atoms with Gasteiger partial charge in [0.2, 0.25) is 0 Å². The first kappa shape index (κ1) is 16.0.